The van der Waals surface area contributed by atoms with E-state index in [1.165, 1.54) is 24.3 Å². The van der Waals surface area contributed by atoms with Gasteiger partial charge in [-0.05, 0) is 12.0 Å². The van der Waals surface area contributed by atoms with E-state index in [1.807, 2.05) is 30.3 Å². The Bertz CT molecular complexity index is 615. The monoisotopic (exact) mass is 308 g/mol. The summed E-state index contributed by atoms with van der Waals surface area (Å²) in [6, 6.07) is 8.67. The Hall–Kier alpha value is -2.28. The maximum absolute atomic E-state index is 12.8. The molecule has 1 unspecified atom stereocenters. The number of likely N-dealkylation sites (N-methyl/N-ethyl adjacent to an activating group) is 1. The summed E-state index contributed by atoms with van der Waals surface area (Å²) in [5.41, 5.74) is 6.86. The fraction of sp³-hybridized carbons (Fsp3) is 0.333. The van der Waals surface area contributed by atoms with Gasteiger partial charge in [-0.25, -0.2) is 4.98 Å². The fourth-order valence-electron chi connectivity index (χ4n) is 2.17. The molecule has 0 aliphatic heterocycles. The predicted molar refractivity (Wildman–Crippen MR) is 78.1 cm³/mol. The van der Waals surface area contributed by atoms with Crippen molar-refractivity contribution >= 4 is 5.91 Å². The van der Waals surface area contributed by atoms with Gasteiger partial charge in [0.25, 0.3) is 0 Å². The maximum atomic E-state index is 12.8. The molecule has 5 nitrogen and oxygen atoms in total. The number of aromatic nitrogens is 2. The lowest BCUT2D eigenvalue weighted by atomic mass is 10.1. The average molecular weight is 308 g/mol. The second kappa shape index (κ2) is 7.13. The van der Waals surface area contributed by atoms with Crippen LogP contribution in [0.3, 0.4) is 0 Å². The van der Waals surface area contributed by atoms with Crippen molar-refractivity contribution in [2.75, 3.05) is 7.05 Å². The number of amides is 1. The van der Waals surface area contributed by atoms with Crippen molar-refractivity contribution in [1.82, 2.24) is 14.5 Å². The molecule has 0 spiro atoms. The summed E-state index contributed by atoms with van der Waals surface area (Å²) in [7, 11) is 1.53. The first-order valence-corrected chi connectivity index (χ1v) is 6.83. The molecular formula is C15H18F2N4O. The molecule has 2 N–H and O–H groups in total. The van der Waals surface area contributed by atoms with Crippen LogP contribution in [0.5, 0.6) is 0 Å². The smallest absolute Gasteiger partial charge is 0.319 e. The van der Waals surface area contributed by atoms with Crippen molar-refractivity contribution in [2.24, 2.45) is 5.73 Å². The molecule has 1 aromatic heterocycles. The number of benzene rings is 1. The Morgan fingerprint density at radius 3 is 2.68 bits per heavy atom. The van der Waals surface area contributed by atoms with Crippen LogP contribution >= 0.6 is 0 Å². The van der Waals surface area contributed by atoms with E-state index in [-0.39, 0.29) is 18.3 Å². The minimum atomic E-state index is -2.68. The van der Waals surface area contributed by atoms with Gasteiger partial charge in [-0.15, -0.1) is 0 Å². The Morgan fingerprint density at radius 1 is 1.36 bits per heavy atom. The lowest BCUT2D eigenvalue weighted by Crippen LogP contribution is -2.43. The molecule has 1 heterocycles. The molecule has 1 aromatic carbocycles. The van der Waals surface area contributed by atoms with E-state index in [2.05, 4.69) is 4.98 Å². The van der Waals surface area contributed by atoms with E-state index in [1.54, 1.807) is 0 Å². The molecule has 0 aliphatic carbocycles. The predicted octanol–water partition coefficient (Wildman–Crippen LogP) is 1.81. The third kappa shape index (κ3) is 3.88. The molecule has 0 aliphatic rings. The average Bonchev–Trinajstić information content (AvgIpc) is 2.95. The quantitative estimate of drug-likeness (QED) is 0.885. The van der Waals surface area contributed by atoms with Gasteiger partial charge in [0, 0.05) is 19.4 Å². The van der Waals surface area contributed by atoms with E-state index in [9.17, 15) is 13.6 Å². The summed E-state index contributed by atoms with van der Waals surface area (Å²) < 4.78 is 26.2. The van der Waals surface area contributed by atoms with Crippen molar-refractivity contribution in [1.29, 1.82) is 0 Å². The largest absolute Gasteiger partial charge is 0.337 e. The highest BCUT2D eigenvalue weighted by molar-refractivity contribution is 5.81. The first-order valence-electron chi connectivity index (χ1n) is 6.83. The van der Waals surface area contributed by atoms with E-state index in [0.29, 0.717) is 6.42 Å². The minimum Gasteiger partial charge on any atom is -0.337 e. The summed E-state index contributed by atoms with van der Waals surface area (Å²) >= 11 is 0. The highest BCUT2D eigenvalue weighted by Crippen LogP contribution is 2.14. The standard InChI is InChI=1S/C15H18F2N4O/c1-20(10-13-19-7-8-21(13)15(16)17)14(22)12(18)9-11-5-3-2-4-6-11/h2-8,12,15H,9-10,18H2,1H3. The third-order valence-electron chi connectivity index (χ3n) is 3.33. The summed E-state index contributed by atoms with van der Waals surface area (Å²) in [5, 5.41) is 0. The first-order chi connectivity index (χ1) is 10.5. The van der Waals surface area contributed by atoms with Crippen LogP contribution in [0.15, 0.2) is 42.7 Å². The molecule has 0 saturated carbocycles. The molecule has 2 rings (SSSR count). The lowest BCUT2D eigenvalue weighted by molar-refractivity contribution is -0.132. The minimum absolute atomic E-state index is 0.0152. The van der Waals surface area contributed by atoms with E-state index in [4.69, 9.17) is 5.73 Å². The van der Waals surface area contributed by atoms with Crippen LogP contribution in [0, 0.1) is 0 Å². The van der Waals surface area contributed by atoms with Crippen LogP contribution in [-0.2, 0) is 17.8 Å². The molecule has 0 bridgehead atoms. The Kier molecular flexibility index (Phi) is 5.21. The second-order valence-electron chi connectivity index (χ2n) is 5.02. The number of alkyl halides is 2. The Labute approximate surface area is 127 Å². The van der Waals surface area contributed by atoms with Gasteiger partial charge in [-0.1, -0.05) is 30.3 Å². The molecule has 7 heteroatoms. The van der Waals surface area contributed by atoms with Crippen LogP contribution in [-0.4, -0.2) is 33.4 Å². The number of imidazole rings is 1. The van der Waals surface area contributed by atoms with Gasteiger partial charge in [0.1, 0.15) is 5.82 Å². The number of nitrogens with two attached hydrogens (primary N) is 1. The number of halogens is 2. The van der Waals surface area contributed by atoms with Gasteiger partial charge < -0.3 is 10.6 Å². The Balaban J connectivity index is 1.98. The van der Waals surface area contributed by atoms with Gasteiger partial charge in [0.05, 0.1) is 12.6 Å². The van der Waals surface area contributed by atoms with Crippen molar-refractivity contribution in [3.05, 3.63) is 54.1 Å². The highest BCUT2D eigenvalue weighted by atomic mass is 19.3. The Morgan fingerprint density at radius 2 is 2.05 bits per heavy atom. The van der Waals surface area contributed by atoms with Crippen LogP contribution in [0.25, 0.3) is 0 Å². The van der Waals surface area contributed by atoms with E-state index in [0.717, 1.165) is 10.1 Å². The number of hydrogen-bond acceptors (Lipinski definition) is 3. The molecule has 2 aromatic rings. The third-order valence-corrected chi connectivity index (χ3v) is 3.33. The topological polar surface area (TPSA) is 64.2 Å². The molecule has 1 amide bonds. The first kappa shape index (κ1) is 16.1. The summed E-state index contributed by atoms with van der Waals surface area (Å²) in [4.78, 5) is 17.4. The van der Waals surface area contributed by atoms with Crippen LogP contribution < -0.4 is 5.73 Å². The van der Waals surface area contributed by atoms with Crippen LogP contribution in [0.4, 0.5) is 8.78 Å². The summed E-state index contributed by atoms with van der Waals surface area (Å²) in [6.45, 7) is -2.70. The van der Waals surface area contributed by atoms with E-state index < -0.39 is 12.6 Å². The van der Waals surface area contributed by atoms with E-state index >= 15 is 0 Å². The lowest BCUT2D eigenvalue weighted by Gasteiger charge is -2.21. The molecule has 0 saturated heterocycles. The summed E-state index contributed by atoms with van der Waals surface area (Å²) in [6.07, 6.45) is 2.86. The van der Waals surface area contributed by atoms with Crippen molar-refractivity contribution in [3.8, 4) is 0 Å². The number of nitrogens with zero attached hydrogens (tertiary/aromatic N) is 3. The SMILES string of the molecule is CN(Cc1nccn1C(F)F)C(=O)C(N)Cc1ccccc1. The number of hydrogen-bond donors (Lipinski definition) is 1. The van der Waals surface area contributed by atoms with Gasteiger partial charge >= 0.3 is 6.55 Å². The molecule has 0 fully saturated rings. The van der Waals surface area contributed by atoms with Crippen molar-refractivity contribution in [3.63, 3.8) is 0 Å². The van der Waals surface area contributed by atoms with Gasteiger partial charge in [-0.2, -0.15) is 8.78 Å². The van der Waals surface area contributed by atoms with Crippen LogP contribution in [0.2, 0.25) is 0 Å². The molecule has 118 valence electrons. The number of carbonyl (C=O) groups is 1. The maximum Gasteiger partial charge on any atom is 0.319 e. The fourth-order valence-corrected chi connectivity index (χ4v) is 2.17. The number of rotatable bonds is 6. The second-order valence-corrected chi connectivity index (χ2v) is 5.02. The zero-order chi connectivity index (χ0) is 16.1. The van der Waals surface area contributed by atoms with Gasteiger partial charge in [0.2, 0.25) is 5.91 Å². The zero-order valence-electron chi connectivity index (χ0n) is 12.2. The van der Waals surface area contributed by atoms with Gasteiger partial charge in [-0.3, -0.25) is 9.36 Å². The van der Waals surface area contributed by atoms with Crippen molar-refractivity contribution in [2.45, 2.75) is 25.6 Å². The molecule has 0 radical (unpaired) electrons. The highest BCUT2D eigenvalue weighted by Gasteiger charge is 2.21. The van der Waals surface area contributed by atoms with Gasteiger partial charge in [0.15, 0.2) is 0 Å². The molecule has 22 heavy (non-hydrogen) atoms. The molecular weight excluding hydrogens is 290 g/mol. The summed E-state index contributed by atoms with van der Waals surface area (Å²) in [5.74, 6) is -0.189. The normalized spacial score (nSPS) is 12.4. The van der Waals surface area contributed by atoms with Crippen molar-refractivity contribution < 1.29 is 13.6 Å². The zero-order valence-corrected chi connectivity index (χ0v) is 12.2. The molecule has 1 atom stereocenters. The van der Waals surface area contributed by atoms with Crippen LogP contribution in [0.1, 0.15) is 17.9 Å². The number of carbonyl (C=O) groups excluding carboxylic acids is 1.